The predicted molar refractivity (Wildman–Crippen MR) is 62.2 cm³/mol. The third-order valence-corrected chi connectivity index (χ3v) is 2.39. The summed E-state index contributed by atoms with van der Waals surface area (Å²) < 4.78 is 5.29. The Labute approximate surface area is 99.3 Å². The second-order valence-corrected chi connectivity index (χ2v) is 3.43. The minimum atomic E-state index is 0.334. The average Bonchev–Trinajstić information content (AvgIpc) is 2.89. The van der Waals surface area contributed by atoms with E-state index in [-0.39, 0.29) is 0 Å². The first kappa shape index (κ1) is 11.1. The molecular formula is C12H12N4O. The van der Waals surface area contributed by atoms with Crippen molar-refractivity contribution in [2.24, 2.45) is 0 Å². The molecule has 2 aromatic heterocycles. The molecule has 2 aromatic rings. The van der Waals surface area contributed by atoms with Crippen LogP contribution in [-0.4, -0.2) is 16.5 Å². The molecule has 2 rings (SSSR count). The van der Waals surface area contributed by atoms with Crippen molar-refractivity contribution in [2.45, 2.75) is 13.5 Å². The van der Waals surface area contributed by atoms with Crippen LogP contribution in [0.25, 0.3) is 0 Å². The fourth-order valence-corrected chi connectivity index (χ4v) is 1.57. The van der Waals surface area contributed by atoms with Crippen LogP contribution in [-0.2, 0) is 6.54 Å². The average molecular weight is 228 g/mol. The molecule has 0 aliphatic carbocycles. The lowest BCUT2D eigenvalue weighted by molar-refractivity contribution is 0.502. The normalized spacial score (nSPS) is 9.88. The van der Waals surface area contributed by atoms with Crippen LogP contribution >= 0.6 is 0 Å². The fraction of sp³-hybridized carbons (Fsp3) is 0.250. The molecule has 0 amide bonds. The third-order valence-electron chi connectivity index (χ3n) is 2.39. The van der Waals surface area contributed by atoms with Crippen molar-refractivity contribution in [2.75, 3.05) is 11.4 Å². The van der Waals surface area contributed by atoms with Gasteiger partial charge in [0.15, 0.2) is 11.5 Å². The summed E-state index contributed by atoms with van der Waals surface area (Å²) >= 11 is 0. The van der Waals surface area contributed by atoms with Gasteiger partial charge in [0, 0.05) is 18.9 Å². The molecule has 0 fully saturated rings. The minimum absolute atomic E-state index is 0.334. The van der Waals surface area contributed by atoms with Gasteiger partial charge in [0.1, 0.15) is 11.8 Å². The molecule has 17 heavy (non-hydrogen) atoms. The quantitative estimate of drug-likeness (QED) is 0.800. The number of nitrogens with zero attached hydrogens (tertiary/aromatic N) is 4. The second-order valence-electron chi connectivity index (χ2n) is 3.43. The van der Waals surface area contributed by atoms with Crippen LogP contribution in [0.3, 0.4) is 0 Å². The zero-order chi connectivity index (χ0) is 12.1. The number of nitriles is 1. The molecule has 0 aliphatic rings. The van der Waals surface area contributed by atoms with Crippen molar-refractivity contribution < 1.29 is 4.42 Å². The van der Waals surface area contributed by atoms with Gasteiger partial charge in [0.25, 0.3) is 0 Å². The van der Waals surface area contributed by atoms with Crippen molar-refractivity contribution in [3.05, 3.63) is 42.2 Å². The Balaban J connectivity index is 2.26. The van der Waals surface area contributed by atoms with E-state index in [1.807, 2.05) is 30.0 Å². The van der Waals surface area contributed by atoms with E-state index in [9.17, 15) is 0 Å². The van der Waals surface area contributed by atoms with Gasteiger partial charge in [0.2, 0.25) is 0 Å². The molecule has 0 unspecified atom stereocenters. The monoisotopic (exact) mass is 228 g/mol. The summed E-state index contributed by atoms with van der Waals surface area (Å²) in [5, 5.41) is 8.99. The van der Waals surface area contributed by atoms with Gasteiger partial charge in [-0.25, -0.2) is 9.97 Å². The zero-order valence-electron chi connectivity index (χ0n) is 9.50. The van der Waals surface area contributed by atoms with Gasteiger partial charge in [-0.15, -0.1) is 0 Å². The summed E-state index contributed by atoms with van der Waals surface area (Å²) in [4.78, 5) is 10.1. The molecule has 5 heteroatoms. The molecule has 5 nitrogen and oxygen atoms in total. The van der Waals surface area contributed by atoms with E-state index in [0.29, 0.717) is 18.1 Å². The largest absolute Gasteiger partial charge is 0.467 e. The van der Waals surface area contributed by atoms with E-state index >= 15 is 0 Å². The third kappa shape index (κ3) is 2.42. The van der Waals surface area contributed by atoms with Gasteiger partial charge in [-0.05, 0) is 19.1 Å². The Hall–Kier alpha value is -2.35. The van der Waals surface area contributed by atoms with Crippen molar-refractivity contribution >= 4 is 5.82 Å². The zero-order valence-corrected chi connectivity index (χ0v) is 9.50. The molecule has 0 radical (unpaired) electrons. The highest BCUT2D eigenvalue weighted by Gasteiger charge is 2.13. The Morgan fingerprint density at radius 2 is 2.24 bits per heavy atom. The van der Waals surface area contributed by atoms with Crippen molar-refractivity contribution in [1.29, 1.82) is 5.26 Å². The summed E-state index contributed by atoms with van der Waals surface area (Å²) in [6.07, 6.45) is 4.73. The Kier molecular flexibility index (Phi) is 3.36. The minimum Gasteiger partial charge on any atom is -0.467 e. The molecule has 86 valence electrons. The lowest BCUT2D eigenvalue weighted by atomic mass is 10.3. The van der Waals surface area contributed by atoms with Crippen LogP contribution in [0.15, 0.2) is 35.2 Å². The molecule has 0 spiro atoms. The summed E-state index contributed by atoms with van der Waals surface area (Å²) in [6.45, 7) is 3.31. The fourth-order valence-electron chi connectivity index (χ4n) is 1.57. The maximum absolute atomic E-state index is 8.99. The molecule has 0 aliphatic heterocycles. The molecule has 0 saturated carbocycles. The SMILES string of the molecule is CCN(Cc1ccco1)c1nccnc1C#N. The lowest BCUT2D eigenvalue weighted by Crippen LogP contribution is -2.24. The number of anilines is 1. The number of aromatic nitrogens is 2. The molecule has 2 heterocycles. The summed E-state index contributed by atoms with van der Waals surface area (Å²) in [5.74, 6) is 1.43. The standard InChI is InChI=1S/C12H12N4O/c1-2-16(9-10-4-3-7-17-10)12-11(8-13)14-5-6-15-12/h3-7H,2,9H2,1H3. The topological polar surface area (TPSA) is 66.0 Å². The predicted octanol–water partition coefficient (Wildman–Crippen LogP) is 1.97. The van der Waals surface area contributed by atoms with Gasteiger partial charge in [0.05, 0.1) is 12.8 Å². The lowest BCUT2D eigenvalue weighted by Gasteiger charge is -2.20. The van der Waals surface area contributed by atoms with Crippen LogP contribution in [0.1, 0.15) is 18.4 Å². The summed E-state index contributed by atoms with van der Waals surface area (Å²) in [6, 6.07) is 5.78. The van der Waals surface area contributed by atoms with Crippen LogP contribution in [0, 0.1) is 11.3 Å². The maximum Gasteiger partial charge on any atom is 0.183 e. The van der Waals surface area contributed by atoms with E-state index in [2.05, 4.69) is 9.97 Å². The highest BCUT2D eigenvalue weighted by atomic mass is 16.3. The number of hydrogen-bond acceptors (Lipinski definition) is 5. The Morgan fingerprint density at radius 3 is 2.88 bits per heavy atom. The first-order valence-electron chi connectivity index (χ1n) is 5.33. The molecule has 0 saturated heterocycles. The molecular weight excluding hydrogens is 216 g/mol. The van der Waals surface area contributed by atoms with E-state index in [0.717, 1.165) is 12.3 Å². The van der Waals surface area contributed by atoms with E-state index in [1.165, 1.54) is 6.20 Å². The first-order valence-corrected chi connectivity index (χ1v) is 5.33. The maximum atomic E-state index is 8.99. The van der Waals surface area contributed by atoms with E-state index < -0.39 is 0 Å². The van der Waals surface area contributed by atoms with E-state index in [4.69, 9.17) is 9.68 Å². The number of rotatable bonds is 4. The van der Waals surface area contributed by atoms with Gasteiger partial charge in [-0.1, -0.05) is 0 Å². The first-order chi connectivity index (χ1) is 8.35. The van der Waals surface area contributed by atoms with Crippen LogP contribution in [0.2, 0.25) is 0 Å². The van der Waals surface area contributed by atoms with Gasteiger partial charge >= 0.3 is 0 Å². The van der Waals surface area contributed by atoms with Crippen molar-refractivity contribution in [3.63, 3.8) is 0 Å². The Morgan fingerprint density at radius 1 is 1.41 bits per heavy atom. The van der Waals surface area contributed by atoms with Crippen LogP contribution in [0.5, 0.6) is 0 Å². The van der Waals surface area contributed by atoms with Gasteiger partial charge in [-0.3, -0.25) is 0 Å². The number of hydrogen-bond donors (Lipinski definition) is 0. The van der Waals surface area contributed by atoms with Crippen molar-refractivity contribution in [1.82, 2.24) is 9.97 Å². The van der Waals surface area contributed by atoms with Crippen molar-refractivity contribution in [3.8, 4) is 6.07 Å². The molecule has 0 bridgehead atoms. The summed E-state index contributed by atoms with van der Waals surface area (Å²) in [7, 11) is 0. The summed E-state index contributed by atoms with van der Waals surface area (Å²) in [5.41, 5.74) is 0.334. The van der Waals surface area contributed by atoms with Gasteiger partial charge < -0.3 is 9.32 Å². The Bertz CT molecular complexity index is 516. The smallest absolute Gasteiger partial charge is 0.183 e. The highest BCUT2D eigenvalue weighted by Crippen LogP contribution is 2.16. The highest BCUT2D eigenvalue weighted by molar-refractivity contribution is 5.49. The van der Waals surface area contributed by atoms with Crippen LogP contribution in [0.4, 0.5) is 5.82 Å². The second kappa shape index (κ2) is 5.12. The van der Waals surface area contributed by atoms with Crippen LogP contribution < -0.4 is 4.90 Å². The molecule has 0 aromatic carbocycles. The number of furan rings is 1. The van der Waals surface area contributed by atoms with E-state index in [1.54, 1.807) is 12.5 Å². The molecule has 0 N–H and O–H groups in total. The van der Waals surface area contributed by atoms with Gasteiger partial charge in [-0.2, -0.15) is 5.26 Å². The molecule has 0 atom stereocenters.